The van der Waals surface area contributed by atoms with Gasteiger partial charge in [-0.25, -0.2) is 0 Å². The van der Waals surface area contributed by atoms with Crippen LogP contribution in [0, 0.1) is 5.92 Å². The summed E-state index contributed by atoms with van der Waals surface area (Å²) in [7, 11) is 0. The number of amides is 1. The van der Waals surface area contributed by atoms with E-state index in [9.17, 15) is 4.79 Å². The summed E-state index contributed by atoms with van der Waals surface area (Å²) in [6.07, 6.45) is 5.60. The Balaban J connectivity index is 1.64. The van der Waals surface area contributed by atoms with Gasteiger partial charge in [0.1, 0.15) is 0 Å². The number of nitrogens with zero attached hydrogens (tertiary/aromatic N) is 2. The van der Waals surface area contributed by atoms with Crippen LogP contribution in [-0.2, 0) is 6.54 Å². The fourth-order valence-corrected chi connectivity index (χ4v) is 2.85. The van der Waals surface area contributed by atoms with E-state index in [1.165, 1.54) is 5.56 Å². The van der Waals surface area contributed by atoms with Crippen LogP contribution in [0.4, 0.5) is 5.69 Å². The second kappa shape index (κ2) is 7.27. The van der Waals surface area contributed by atoms with Crippen LogP contribution in [0.15, 0.2) is 48.8 Å². The molecule has 0 radical (unpaired) electrons. The summed E-state index contributed by atoms with van der Waals surface area (Å²) in [6.45, 7) is 4.67. The Hall–Kier alpha value is -2.36. The zero-order valence-corrected chi connectivity index (χ0v) is 13.5. The maximum absolute atomic E-state index is 12.6. The Labute approximate surface area is 137 Å². The Morgan fingerprint density at radius 3 is 2.70 bits per heavy atom. The second-order valence-electron chi connectivity index (χ2n) is 6.28. The highest BCUT2D eigenvalue weighted by Crippen LogP contribution is 2.19. The van der Waals surface area contributed by atoms with E-state index in [1.807, 2.05) is 29.2 Å². The molecule has 23 heavy (non-hydrogen) atoms. The van der Waals surface area contributed by atoms with Crippen molar-refractivity contribution in [2.24, 2.45) is 5.92 Å². The number of carbonyl (C=O) groups excluding carboxylic acids is 1. The van der Waals surface area contributed by atoms with Gasteiger partial charge in [0.15, 0.2) is 0 Å². The number of benzene rings is 1. The first kappa shape index (κ1) is 15.5. The topological polar surface area (TPSA) is 45.2 Å². The number of carbonyl (C=O) groups is 1. The van der Waals surface area contributed by atoms with Crippen molar-refractivity contribution in [3.05, 3.63) is 59.9 Å². The first-order chi connectivity index (χ1) is 11.2. The third-order valence-corrected chi connectivity index (χ3v) is 4.40. The van der Waals surface area contributed by atoms with Crippen LogP contribution >= 0.6 is 0 Å². The molecule has 0 atom stereocenters. The van der Waals surface area contributed by atoms with Gasteiger partial charge in [-0.15, -0.1) is 0 Å². The average molecular weight is 309 g/mol. The molecule has 2 heterocycles. The number of anilines is 1. The van der Waals surface area contributed by atoms with Crippen LogP contribution in [0.2, 0.25) is 0 Å². The molecule has 0 bridgehead atoms. The molecule has 4 nitrogen and oxygen atoms in total. The van der Waals surface area contributed by atoms with E-state index in [4.69, 9.17) is 0 Å². The second-order valence-corrected chi connectivity index (χ2v) is 6.28. The minimum absolute atomic E-state index is 0.0905. The molecular formula is C19H23N3O. The van der Waals surface area contributed by atoms with E-state index < -0.39 is 0 Å². The Kier molecular flexibility index (Phi) is 4.91. The van der Waals surface area contributed by atoms with E-state index in [1.54, 1.807) is 12.4 Å². The molecule has 4 heteroatoms. The van der Waals surface area contributed by atoms with Crippen LogP contribution in [0.25, 0.3) is 0 Å². The molecule has 1 aromatic heterocycles. The monoisotopic (exact) mass is 309 g/mol. The lowest BCUT2D eigenvalue weighted by atomic mass is 9.99. The summed E-state index contributed by atoms with van der Waals surface area (Å²) in [5, 5.41) is 3.33. The van der Waals surface area contributed by atoms with Crippen molar-refractivity contribution in [1.82, 2.24) is 9.88 Å². The van der Waals surface area contributed by atoms with E-state index in [-0.39, 0.29) is 5.91 Å². The number of piperidine rings is 1. The third-order valence-electron chi connectivity index (χ3n) is 4.40. The minimum Gasteiger partial charge on any atom is -0.380 e. The van der Waals surface area contributed by atoms with Crippen molar-refractivity contribution in [3.63, 3.8) is 0 Å². The van der Waals surface area contributed by atoms with E-state index in [0.29, 0.717) is 5.56 Å². The molecule has 1 fully saturated rings. The predicted octanol–water partition coefficient (Wildman–Crippen LogP) is 3.57. The standard InChI is InChI=1S/C19H23N3O/c1-15-7-9-22(10-8-15)19(23)17-11-18(14-20-13-17)21-12-16-5-3-2-4-6-16/h2-6,11,13-15,21H,7-10,12H2,1H3. The molecule has 1 saturated heterocycles. The smallest absolute Gasteiger partial charge is 0.255 e. The SMILES string of the molecule is CC1CCN(C(=O)c2cncc(NCc3ccccc3)c2)CC1. The number of nitrogens with one attached hydrogen (secondary N) is 1. The fourth-order valence-electron chi connectivity index (χ4n) is 2.85. The van der Waals surface area contributed by atoms with Gasteiger partial charge < -0.3 is 10.2 Å². The summed E-state index contributed by atoms with van der Waals surface area (Å²) in [5.74, 6) is 0.809. The van der Waals surface area contributed by atoms with Gasteiger partial charge in [-0.3, -0.25) is 9.78 Å². The first-order valence-corrected chi connectivity index (χ1v) is 8.24. The van der Waals surface area contributed by atoms with Crippen LogP contribution in [-0.4, -0.2) is 28.9 Å². The zero-order valence-electron chi connectivity index (χ0n) is 13.5. The third kappa shape index (κ3) is 4.09. The number of pyridine rings is 1. The Morgan fingerprint density at radius 2 is 1.96 bits per heavy atom. The molecule has 1 amide bonds. The Morgan fingerprint density at radius 1 is 1.22 bits per heavy atom. The highest BCUT2D eigenvalue weighted by Gasteiger charge is 2.21. The minimum atomic E-state index is 0.0905. The van der Waals surface area contributed by atoms with Gasteiger partial charge in [0.2, 0.25) is 0 Å². The van der Waals surface area contributed by atoms with Gasteiger partial charge in [0.25, 0.3) is 5.91 Å². The van der Waals surface area contributed by atoms with Gasteiger partial charge in [-0.1, -0.05) is 37.3 Å². The van der Waals surface area contributed by atoms with Gasteiger partial charge in [0.05, 0.1) is 11.3 Å². The summed E-state index contributed by atoms with van der Waals surface area (Å²) < 4.78 is 0. The van der Waals surface area contributed by atoms with Gasteiger partial charge in [-0.05, 0) is 30.4 Å². The van der Waals surface area contributed by atoms with Crippen molar-refractivity contribution in [1.29, 1.82) is 0 Å². The van der Waals surface area contributed by atoms with Crippen LogP contribution in [0.1, 0.15) is 35.7 Å². The van der Waals surface area contributed by atoms with Crippen molar-refractivity contribution in [2.45, 2.75) is 26.3 Å². The molecule has 0 saturated carbocycles. The fraction of sp³-hybridized carbons (Fsp3) is 0.368. The van der Waals surface area contributed by atoms with E-state index >= 15 is 0 Å². The molecule has 1 N–H and O–H groups in total. The summed E-state index contributed by atoms with van der Waals surface area (Å²) in [5.41, 5.74) is 2.75. The predicted molar refractivity (Wildman–Crippen MR) is 92.3 cm³/mol. The quantitative estimate of drug-likeness (QED) is 0.939. The van der Waals surface area contributed by atoms with Gasteiger partial charge in [-0.2, -0.15) is 0 Å². The van der Waals surface area contributed by atoms with E-state index in [0.717, 1.165) is 44.1 Å². The molecule has 3 rings (SSSR count). The van der Waals surface area contributed by atoms with E-state index in [2.05, 4.69) is 29.4 Å². The molecule has 1 aromatic carbocycles. The van der Waals surface area contributed by atoms with Crippen molar-refractivity contribution < 1.29 is 4.79 Å². The summed E-state index contributed by atoms with van der Waals surface area (Å²) >= 11 is 0. The van der Waals surface area contributed by atoms with Crippen molar-refractivity contribution >= 4 is 11.6 Å². The lowest BCUT2D eigenvalue weighted by molar-refractivity contribution is 0.0697. The molecule has 2 aromatic rings. The number of hydrogen-bond acceptors (Lipinski definition) is 3. The zero-order chi connectivity index (χ0) is 16.1. The Bertz CT molecular complexity index is 649. The average Bonchev–Trinajstić information content (AvgIpc) is 2.61. The van der Waals surface area contributed by atoms with Crippen LogP contribution in [0.3, 0.4) is 0 Å². The maximum Gasteiger partial charge on any atom is 0.255 e. The highest BCUT2D eigenvalue weighted by molar-refractivity contribution is 5.94. The van der Waals surface area contributed by atoms with Gasteiger partial charge >= 0.3 is 0 Å². The normalized spacial score (nSPS) is 15.4. The highest BCUT2D eigenvalue weighted by atomic mass is 16.2. The first-order valence-electron chi connectivity index (χ1n) is 8.24. The molecule has 0 spiro atoms. The molecular weight excluding hydrogens is 286 g/mol. The molecule has 0 unspecified atom stereocenters. The molecule has 1 aliphatic rings. The van der Waals surface area contributed by atoms with Crippen molar-refractivity contribution in [3.8, 4) is 0 Å². The lowest BCUT2D eigenvalue weighted by Gasteiger charge is -2.30. The largest absolute Gasteiger partial charge is 0.380 e. The molecule has 0 aliphatic carbocycles. The van der Waals surface area contributed by atoms with Crippen LogP contribution in [0.5, 0.6) is 0 Å². The number of hydrogen-bond donors (Lipinski definition) is 1. The maximum atomic E-state index is 12.6. The van der Waals surface area contributed by atoms with Gasteiger partial charge in [0, 0.05) is 32.0 Å². The number of likely N-dealkylation sites (tertiary alicyclic amines) is 1. The van der Waals surface area contributed by atoms with Crippen molar-refractivity contribution in [2.75, 3.05) is 18.4 Å². The number of rotatable bonds is 4. The number of aromatic nitrogens is 1. The molecule has 120 valence electrons. The van der Waals surface area contributed by atoms with Crippen LogP contribution < -0.4 is 5.32 Å². The molecule has 1 aliphatic heterocycles. The summed E-state index contributed by atoms with van der Waals surface area (Å²) in [4.78, 5) is 18.8. The summed E-state index contributed by atoms with van der Waals surface area (Å²) in [6, 6.07) is 12.1. The lowest BCUT2D eigenvalue weighted by Crippen LogP contribution is -2.37.